The standard InChI is InChI=1S/C24H28BrClN2O6/c1-4-9-27(18-12(3)7-6-8-15(18)26)22(31)20-24-10-14(25)19(34-24)16(23(32)33)17(24)21(30)28(20)13(5-2)11-29/h4,6-8,13-14,16-17,19-20,29H,1,5,9-11H2,2-3H3,(H,32,33)/t13-,14?,16+,17-,19+,20+,24-/m0/s1. The van der Waals surface area contributed by atoms with Crippen LogP contribution >= 0.6 is 27.5 Å². The van der Waals surface area contributed by atoms with Crippen LogP contribution in [0.3, 0.4) is 0 Å². The van der Waals surface area contributed by atoms with E-state index in [4.69, 9.17) is 16.3 Å². The number of benzene rings is 1. The van der Waals surface area contributed by atoms with Crippen molar-refractivity contribution >= 4 is 51.0 Å². The molecule has 3 heterocycles. The lowest BCUT2D eigenvalue weighted by atomic mass is 9.70. The first-order valence-electron chi connectivity index (χ1n) is 11.3. The summed E-state index contributed by atoms with van der Waals surface area (Å²) in [5, 5.41) is 20.4. The number of aliphatic hydroxyl groups is 1. The predicted octanol–water partition coefficient (Wildman–Crippen LogP) is 2.77. The molecule has 0 aromatic heterocycles. The highest BCUT2D eigenvalue weighted by atomic mass is 79.9. The summed E-state index contributed by atoms with van der Waals surface area (Å²) in [4.78, 5) is 42.8. The molecule has 0 radical (unpaired) electrons. The zero-order valence-corrected chi connectivity index (χ0v) is 21.3. The van der Waals surface area contributed by atoms with E-state index in [2.05, 4.69) is 22.5 Å². The monoisotopic (exact) mass is 554 g/mol. The van der Waals surface area contributed by atoms with Crippen molar-refractivity contribution in [1.82, 2.24) is 4.90 Å². The molecule has 1 unspecified atom stereocenters. The molecular formula is C24H28BrClN2O6. The van der Waals surface area contributed by atoms with Crippen LogP contribution in [0.4, 0.5) is 5.69 Å². The molecule has 2 N–H and O–H groups in total. The molecule has 3 aliphatic rings. The third-order valence-corrected chi connectivity index (χ3v) is 8.51. The number of alkyl halides is 1. The number of rotatable bonds is 8. The van der Waals surface area contributed by atoms with Crippen LogP contribution in [0.15, 0.2) is 30.9 Å². The third kappa shape index (κ3) is 3.51. The average molecular weight is 556 g/mol. The highest BCUT2D eigenvalue weighted by Gasteiger charge is 2.77. The molecule has 3 aliphatic heterocycles. The molecule has 3 saturated heterocycles. The molecule has 8 nitrogen and oxygen atoms in total. The maximum absolute atomic E-state index is 14.3. The minimum atomic E-state index is -1.33. The SMILES string of the molecule is C=CCN(C(=O)[C@H]1N([C@@H](CC)CO)C(=O)[C@@H]2[C@@H](C(=O)O)[C@@H]3O[C@@]21CC3Br)c1c(C)cccc1Cl. The first kappa shape index (κ1) is 25.2. The number of aliphatic carboxylic acids is 1. The van der Waals surface area contributed by atoms with Gasteiger partial charge < -0.3 is 24.7 Å². The van der Waals surface area contributed by atoms with E-state index in [1.165, 1.54) is 9.80 Å². The molecule has 0 saturated carbocycles. The minimum Gasteiger partial charge on any atom is -0.481 e. The van der Waals surface area contributed by atoms with Crippen molar-refractivity contribution in [2.45, 2.75) is 55.3 Å². The van der Waals surface area contributed by atoms with Gasteiger partial charge in [0.25, 0.3) is 5.91 Å². The average Bonchev–Trinajstić information content (AvgIpc) is 3.37. The molecule has 4 rings (SSSR count). The molecule has 184 valence electrons. The number of hydrogen-bond acceptors (Lipinski definition) is 5. The maximum Gasteiger partial charge on any atom is 0.310 e. The Balaban J connectivity index is 1.89. The summed E-state index contributed by atoms with van der Waals surface area (Å²) in [5.41, 5.74) is -0.0657. The quantitative estimate of drug-likeness (QED) is 0.377. The first-order valence-corrected chi connectivity index (χ1v) is 12.6. The Hall–Kier alpha value is -1.94. The molecule has 2 bridgehead atoms. The van der Waals surface area contributed by atoms with Gasteiger partial charge in [-0.3, -0.25) is 14.4 Å². The number of carbonyl (C=O) groups excluding carboxylic acids is 2. The van der Waals surface area contributed by atoms with E-state index < -0.39 is 53.4 Å². The minimum absolute atomic E-state index is 0.127. The Morgan fingerprint density at radius 3 is 2.74 bits per heavy atom. The number of halogens is 2. The van der Waals surface area contributed by atoms with Crippen LogP contribution in [0.1, 0.15) is 25.3 Å². The first-order chi connectivity index (χ1) is 16.1. The van der Waals surface area contributed by atoms with Crippen LogP contribution in [0.2, 0.25) is 5.02 Å². The Labute approximate surface area is 211 Å². The van der Waals surface area contributed by atoms with E-state index in [1.807, 2.05) is 19.9 Å². The molecule has 7 atom stereocenters. The van der Waals surface area contributed by atoms with E-state index in [1.54, 1.807) is 18.2 Å². The van der Waals surface area contributed by atoms with Crippen molar-refractivity contribution in [3.05, 3.63) is 41.4 Å². The topological polar surface area (TPSA) is 107 Å². The van der Waals surface area contributed by atoms with Crippen LogP contribution in [0.25, 0.3) is 0 Å². The second kappa shape index (κ2) is 9.26. The summed E-state index contributed by atoms with van der Waals surface area (Å²) in [7, 11) is 0. The number of nitrogens with zero attached hydrogens (tertiary/aromatic N) is 2. The summed E-state index contributed by atoms with van der Waals surface area (Å²) in [5.74, 6) is -4.15. The van der Waals surface area contributed by atoms with Gasteiger partial charge in [0.1, 0.15) is 11.6 Å². The highest BCUT2D eigenvalue weighted by molar-refractivity contribution is 9.09. The van der Waals surface area contributed by atoms with E-state index in [-0.39, 0.29) is 18.0 Å². The molecule has 34 heavy (non-hydrogen) atoms. The zero-order valence-electron chi connectivity index (χ0n) is 19.0. The van der Waals surface area contributed by atoms with Crippen LogP contribution in [-0.2, 0) is 19.1 Å². The van der Waals surface area contributed by atoms with Crippen LogP contribution < -0.4 is 4.90 Å². The van der Waals surface area contributed by atoms with Gasteiger partial charge in [-0.15, -0.1) is 6.58 Å². The molecule has 0 aliphatic carbocycles. The summed E-state index contributed by atoms with van der Waals surface area (Å²) in [6.07, 6.45) is 1.53. The zero-order chi connectivity index (χ0) is 24.9. The number of fused-ring (bicyclic) bond motifs is 1. The van der Waals surface area contributed by atoms with Crippen LogP contribution in [-0.4, -0.2) is 74.7 Å². The highest BCUT2D eigenvalue weighted by Crippen LogP contribution is 2.60. The number of amides is 2. The molecule has 1 aromatic rings. The number of para-hydroxylation sites is 1. The number of anilines is 1. The number of aliphatic hydroxyl groups excluding tert-OH is 1. The smallest absolute Gasteiger partial charge is 0.310 e. The fourth-order valence-corrected chi connectivity index (χ4v) is 7.24. The third-order valence-electron chi connectivity index (χ3n) is 7.36. The summed E-state index contributed by atoms with van der Waals surface area (Å²) < 4.78 is 6.29. The number of carboxylic acids is 1. The Morgan fingerprint density at radius 2 is 2.18 bits per heavy atom. The fourth-order valence-electron chi connectivity index (χ4n) is 5.97. The lowest BCUT2D eigenvalue weighted by Crippen LogP contribution is -2.59. The molecule has 1 aromatic carbocycles. The summed E-state index contributed by atoms with van der Waals surface area (Å²) >= 11 is 10.0. The lowest BCUT2D eigenvalue weighted by molar-refractivity contribution is -0.150. The summed E-state index contributed by atoms with van der Waals surface area (Å²) in [6.45, 7) is 7.19. The number of hydrogen-bond donors (Lipinski definition) is 2. The number of aryl methyl sites for hydroxylation is 1. The molecule has 3 fully saturated rings. The van der Waals surface area contributed by atoms with Crippen molar-refractivity contribution in [1.29, 1.82) is 0 Å². The van der Waals surface area contributed by atoms with Gasteiger partial charge >= 0.3 is 5.97 Å². The van der Waals surface area contributed by atoms with Crippen molar-refractivity contribution in [3.63, 3.8) is 0 Å². The van der Waals surface area contributed by atoms with E-state index in [0.717, 1.165) is 5.56 Å². The van der Waals surface area contributed by atoms with E-state index in [0.29, 0.717) is 23.6 Å². The Kier molecular flexibility index (Phi) is 6.85. The number of ether oxygens (including phenoxy) is 1. The van der Waals surface area contributed by atoms with E-state index in [9.17, 15) is 24.6 Å². The largest absolute Gasteiger partial charge is 0.481 e. The Morgan fingerprint density at radius 1 is 1.47 bits per heavy atom. The van der Waals surface area contributed by atoms with E-state index >= 15 is 0 Å². The number of carbonyl (C=O) groups is 3. The second-order valence-corrected chi connectivity index (χ2v) is 10.7. The van der Waals surface area contributed by atoms with Crippen LogP contribution in [0.5, 0.6) is 0 Å². The Bertz CT molecular complexity index is 1010. The number of likely N-dealkylation sites (tertiary alicyclic amines) is 1. The van der Waals surface area contributed by atoms with Gasteiger partial charge in [-0.1, -0.05) is 52.7 Å². The number of carboxylic acid groups (broad SMARTS) is 1. The van der Waals surface area contributed by atoms with Gasteiger partial charge in [-0.05, 0) is 31.4 Å². The van der Waals surface area contributed by atoms with Gasteiger partial charge in [0, 0.05) is 11.4 Å². The van der Waals surface area contributed by atoms with Gasteiger partial charge in [0.05, 0.1) is 41.3 Å². The van der Waals surface area contributed by atoms with Crippen molar-refractivity contribution < 1.29 is 29.3 Å². The molecule has 2 amide bonds. The van der Waals surface area contributed by atoms with Gasteiger partial charge in [-0.25, -0.2) is 0 Å². The maximum atomic E-state index is 14.3. The van der Waals surface area contributed by atoms with Crippen molar-refractivity contribution in [2.24, 2.45) is 11.8 Å². The summed E-state index contributed by atoms with van der Waals surface area (Å²) in [6, 6.07) is 3.52. The lowest BCUT2D eigenvalue weighted by Gasteiger charge is -2.39. The van der Waals surface area contributed by atoms with Crippen molar-refractivity contribution in [2.75, 3.05) is 18.1 Å². The van der Waals surface area contributed by atoms with Gasteiger partial charge in [-0.2, -0.15) is 0 Å². The predicted molar refractivity (Wildman–Crippen MR) is 130 cm³/mol. The van der Waals surface area contributed by atoms with Crippen LogP contribution in [0, 0.1) is 18.8 Å². The van der Waals surface area contributed by atoms with Gasteiger partial charge in [0.2, 0.25) is 5.91 Å². The second-order valence-electron chi connectivity index (χ2n) is 9.13. The fraction of sp³-hybridized carbons (Fsp3) is 0.542. The normalized spacial score (nSPS) is 32.6. The molecule has 10 heteroatoms. The molecular weight excluding hydrogens is 528 g/mol. The molecule has 1 spiro atoms. The van der Waals surface area contributed by atoms with Gasteiger partial charge in [0.15, 0.2) is 0 Å². The van der Waals surface area contributed by atoms with Crippen molar-refractivity contribution in [3.8, 4) is 0 Å².